The third-order valence-corrected chi connectivity index (χ3v) is 9.46. The fraction of sp³-hybridized carbons (Fsp3) is 0.100. The molecular weight excluding hydrogens is 617 g/mol. The second-order valence-electron chi connectivity index (χ2n) is 8.59. The number of amidine groups is 1. The molecule has 5 rings (SSSR count). The van der Waals surface area contributed by atoms with Crippen molar-refractivity contribution in [1.82, 2.24) is 15.3 Å². The monoisotopic (exact) mass is 632 g/mol. The third-order valence-electron chi connectivity index (χ3n) is 5.96. The Kier molecular flexibility index (Phi) is 6.31. The van der Waals surface area contributed by atoms with Crippen molar-refractivity contribution in [3.63, 3.8) is 0 Å². The van der Waals surface area contributed by atoms with Gasteiger partial charge in [-0.1, -0.05) is 24.3 Å². The van der Waals surface area contributed by atoms with E-state index in [0.29, 0.717) is 23.3 Å². The summed E-state index contributed by atoms with van der Waals surface area (Å²) in [5.41, 5.74) is 0.292. The summed E-state index contributed by atoms with van der Waals surface area (Å²) < 4.78 is 131. The van der Waals surface area contributed by atoms with Crippen molar-refractivity contribution >= 4 is 57.3 Å². The lowest BCUT2D eigenvalue weighted by Gasteiger charge is -2.21. The molecule has 6 N–H and O–H groups in total. The van der Waals surface area contributed by atoms with Gasteiger partial charge in [-0.25, -0.2) is 4.98 Å². The van der Waals surface area contributed by atoms with Crippen molar-refractivity contribution in [3.05, 3.63) is 63.9 Å². The topological polar surface area (TPSA) is 271 Å². The van der Waals surface area contributed by atoms with Gasteiger partial charge in [0.2, 0.25) is 0 Å². The Morgan fingerprint density at radius 2 is 1.38 bits per heavy atom. The molecular formula is C20H16N4O12S4. The number of rotatable bonds is 6. The Balaban J connectivity index is 1.52. The molecule has 0 bridgehead atoms. The number of hydrogen-bond acceptors (Lipinski definition) is 11. The number of benzene rings is 2. The molecule has 0 spiro atoms. The summed E-state index contributed by atoms with van der Waals surface area (Å²) in [6.07, 6.45) is 1.65. The maximum atomic E-state index is 11.9. The molecule has 0 fully saturated rings. The molecule has 2 aliphatic rings. The van der Waals surface area contributed by atoms with Crippen LogP contribution in [-0.4, -0.2) is 79.8 Å². The molecule has 0 saturated heterocycles. The van der Waals surface area contributed by atoms with Crippen molar-refractivity contribution in [2.24, 2.45) is 4.99 Å². The molecule has 0 amide bonds. The predicted octanol–water partition coefficient (Wildman–Crippen LogP) is 0.367. The summed E-state index contributed by atoms with van der Waals surface area (Å²) in [7, 11) is -19.5. The Morgan fingerprint density at radius 3 is 1.93 bits per heavy atom. The van der Waals surface area contributed by atoms with Gasteiger partial charge in [-0.2, -0.15) is 33.7 Å². The average molecular weight is 633 g/mol. The van der Waals surface area contributed by atoms with Crippen LogP contribution in [0.2, 0.25) is 0 Å². The molecule has 1 aromatic heterocycles. The van der Waals surface area contributed by atoms with Crippen LogP contribution in [0, 0.1) is 0 Å². The van der Waals surface area contributed by atoms with Gasteiger partial charge in [0, 0.05) is 11.1 Å². The van der Waals surface area contributed by atoms with E-state index < -0.39 is 72.2 Å². The fourth-order valence-corrected chi connectivity index (χ4v) is 6.93. The van der Waals surface area contributed by atoms with Crippen molar-refractivity contribution in [1.29, 1.82) is 0 Å². The van der Waals surface area contributed by atoms with Crippen LogP contribution in [0.4, 0.5) is 0 Å². The number of aromatic amines is 1. The van der Waals surface area contributed by atoms with E-state index in [9.17, 15) is 51.9 Å². The first-order valence-corrected chi connectivity index (χ1v) is 16.4. The number of aromatic nitrogens is 2. The molecule has 20 heteroatoms. The van der Waals surface area contributed by atoms with E-state index in [1.165, 1.54) is 24.3 Å². The molecule has 2 unspecified atom stereocenters. The highest BCUT2D eigenvalue weighted by molar-refractivity contribution is 7.91. The average Bonchev–Trinajstić information content (AvgIpc) is 3.44. The van der Waals surface area contributed by atoms with Crippen molar-refractivity contribution < 1.29 is 51.9 Å². The third kappa shape index (κ3) is 5.17. The predicted molar refractivity (Wildman–Crippen MR) is 138 cm³/mol. The first kappa shape index (κ1) is 28.0. The van der Waals surface area contributed by atoms with Gasteiger partial charge in [0.25, 0.3) is 40.5 Å². The molecule has 212 valence electrons. The van der Waals surface area contributed by atoms with Gasteiger partial charge in [-0.05, 0) is 24.3 Å². The summed E-state index contributed by atoms with van der Waals surface area (Å²) >= 11 is 0. The minimum atomic E-state index is -4.94. The van der Waals surface area contributed by atoms with E-state index in [-0.39, 0.29) is 22.7 Å². The van der Waals surface area contributed by atoms with E-state index >= 15 is 0 Å². The number of hydrogen-bond donors (Lipinski definition) is 6. The SMILES string of the molecule is O=S(=O)(O)C1=CC2NC(c3ccc(-c4nc5c(S(=O)(=O)O)cc(S(=O)(=O)O)cc5[nH]4)cc3)=NC2C(S(=O)(=O)O)=C1. The molecule has 1 aliphatic heterocycles. The summed E-state index contributed by atoms with van der Waals surface area (Å²) in [5, 5.41) is 2.82. The van der Waals surface area contributed by atoms with Crippen LogP contribution in [0.15, 0.2) is 73.1 Å². The zero-order valence-corrected chi connectivity index (χ0v) is 22.6. The fourth-order valence-electron chi connectivity index (χ4n) is 4.19. The number of nitrogens with one attached hydrogen (secondary N) is 2. The largest absolute Gasteiger partial charge is 0.361 e. The molecule has 2 heterocycles. The van der Waals surface area contributed by atoms with Gasteiger partial charge >= 0.3 is 0 Å². The first-order valence-electron chi connectivity index (χ1n) is 10.6. The molecule has 2 atom stereocenters. The quantitative estimate of drug-likeness (QED) is 0.200. The highest BCUT2D eigenvalue weighted by Crippen LogP contribution is 2.32. The van der Waals surface area contributed by atoms with Crippen LogP contribution in [0.3, 0.4) is 0 Å². The van der Waals surface area contributed by atoms with Crippen molar-refractivity contribution in [2.45, 2.75) is 21.9 Å². The molecule has 0 saturated carbocycles. The van der Waals surface area contributed by atoms with Crippen LogP contribution < -0.4 is 5.32 Å². The zero-order chi connectivity index (χ0) is 29.4. The number of H-pyrrole nitrogens is 1. The van der Waals surface area contributed by atoms with Gasteiger partial charge in [0.1, 0.15) is 28.1 Å². The molecule has 2 aromatic carbocycles. The first-order chi connectivity index (χ1) is 18.3. The van der Waals surface area contributed by atoms with E-state index in [4.69, 9.17) is 0 Å². The van der Waals surface area contributed by atoms with E-state index in [1.54, 1.807) is 0 Å². The molecule has 16 nitrogen and oxygen atoms in total. The second-order valence-corrected chi connectivity index (χ2v) is 14.2. The Bertz CT molecular complexity index is 2130. The van der Waals surface area contributed by atoms with Gasteiger partial charge in [-0.3, -0.25) is 23.2 Å². The van der Waals surface area contributed by atoms with Gasteiger partial charge in [0.15, 0.2) is 0 Å². The lowest BCUT2D eigenvalue weighted by atomic mass is 10.0. The van der Waals surface area contributed by atoms with Crippen LogP contribution in [0.5, 0.6) is 0 Å². The molecule has 1 aliphatic carbocycles. The molecule has 3 aromatic rings. The number of aliphatic imine (C=N–C) groups is 1. The van der Waals surface area contributed by atoms with E-state index in [0.717, 1.165) is 12.1 Å². The van der Waals surface area contributed by atoms with Crippen LogP contribution >= 0.6 is 0 Å². The Morgan fingerprint density at radius 1 is 0.750 bits per heavy atom. The van der Waals surface area contributed by atoms with Crippen molar-refractivity contribution in [2.75, 3.05) is 0 Å². The summed E-state index contributed by atoms with van der Waals surface area (Å²) in [6.45, 7) is 0. The number of imidazole rings is 1. The van der Waals surface area contributed by atoms with Crippen LogP contribution in [-0.2, 0) is 40.5 Å². The second kappa shape index (κ2) is 9.01. The lowest BCUT2D eigenvalue weighted by Crippen LogP contribution is -2.38. The standard InChI is InChI=1S/C20H16N4O12S4/c25-37(26,27)11-5-13-17(15(7-11)39(31,32)33)23-19(21-13)9-1-2-10(4-3-9)20-22-14-6-12(38(28,29)30)8-16(18(14)24-20)40(34,35)36/h1-8,13,17H,(H,21,23)(H,22,24)(H,25,26,27)(H,28,29,30)(H,31,32,33)(H,34,35,36). The lowest BCUT2D eigenvalue weighted by molar-refractivity contribution is 0.478. The Labute approximate surface area is 226 Å². The van der Waals surface area contributed by atoms with Gasteiger partial charge in [-0.15, -0.1) is 0 Å². The number of nitrogens with zero attached hydrogens (tertiary/aromatic N) is 2. The Hall–Kier alpha value is -3.50. The van der Waals surface area contributed by atoms with E-state index in [1.807, 2.05) is 0 Å². The summed E-state index contributed by atoms with van der Waals surface area (Å²) in [6, 6.07) is 5.15. The van der Waals surface area contributed by atoms with Crippen molar-refractivity contribution in [3.8, 4) is 11.4 Å². The highest BCUT2D eigenvalue weighted by atomic mass is 32.2. The normalized spacial score (nSPS) is 19.9. The maximum Gasteiger partial charge on any atom is 0.296 e. The van der Waals surface area contributed by atoms with E-state index in [2.05, 4.69) is 20.3 Å². The zero-order valence-electron chi connectivity index (χ0n) is 19.4. The number of fused-ring (bicyclic) bond motifs is 2. The minimum Gasteiger partial charge on any atom is -0.361 e. The highest BCUT2D eigenvalue weighted by Gasteiger charge is 2.40. The summed E-state index contributed by atoms with van der Waals surface area (Å²) in [5.74, 6) is 0.159. The smallest absolute Gasteiger partial charge is 0.296 e. The number of allylic oxidation sites excluding steroid dienone is 1. The molecule has 0 radical (unpaired) electrons. The van der Waals surface area contributed by atoms with Crippen LogP contribution in [0.1, 0.15) is 5.56 Å². The van der Waals surface area contributed by atoms with Gasteiger partial charge in [0.05, 0.1) is 26.3 Å². The van der Waals surface area contributed by atoms with Crippen LogP contribution in [0.25, 0.3) is 22.4 Å². The minimum absolute atomic E-state index is 0.0475. The molecule has 40 heavy (non-hydrogen) atoms. The summed E-state index contributed by atoms with van der Waals surface area (Å²) in [4.78, 5) is 7.92. The maximum absolute atomic E-state index is 11.9. The van der Waals surface area contributed by atoms with Gasteiger partial charge < -0.3 is 10.3 Å².